The van der Waals surface area contributed by atoms with Gasteiger partial charge in [-0.1, -0.05) is 51.0 Å². The van der Waals surface area contributed by atoms with Gasteiger partial charge < -0.3 is 5.11 Å². The fourth-order valence-corrected chi connectivity index (χ4v) is 2.07. The number of unbranched alkanes of at least 4 members (excludes halogenated alkanes) is 4. The molecule has 0 aliphatic carbocycles. The number of hydrogen-bond acceptors (Lipinski definition) is 1. The number of aliphatic carboxylic acids is 1. The zero-order chi connectivity index (χ0) is 15.1. The van der Waals surface area contributed by atoms with Gasteiger partial charge in [0.15, 0.2) is 0 Å². The van der Waals surface area contributed by atoms with Crippen LogP contribution in [0, 0.1) is 5.92 Å². The van der Waals surface area contributed by atoms with Gasteiger partial charge in [-0.25, -0.2) is 0 Å². The van der Waals surface area contributed by atoms with Gasteiger partial charge in [0.2, 0.25) is 0 Å². The molecule has 1 atom stereocenters. The second-order valence-corrected chi connectivity index (χ2v) is 5.63. The molecule has 0 saturated heterocycles. The second-order valence-electron chi connectivity index (χ2n) is 5.63. The van der Waals surface area contributed by atoms with E-state index in [-0.39, 0.29) is 0 Å². The van der Waals surface area contributed by atoms with Crippen LogP contribution in [0.1, 0.15) is 78.1 Å². The number of rotatable bonds is 13. The van der Waals surface area contributed by atoms with Crippen molar-refractivity contribution in [3.8, 4) is 0 Å². The van der Waals surface area contributed by atoms with E-state index in [1.54, 1.807) is 0 Å². The van der Waals surface area contributed by atoms with Gasteiger partial charge in [-0.15, -0.1) is 0 Å². The van der Waals surface area contributed by atoms with Crippen molar-refractivity contribution in [2.24, 2.45) is 5.92 Å². The zero-order valence-corrected chi connectivity index (χ0v) is 13.3. The highest BCUT2D eigenvalue weighted by molar-refractivity contribution is 5.66. The lowest BCUT2D eigenvalue weighted by Gasteiger charge is -2.06. The number of allylic oxidation sites excluding steroid dienone is 4. The summed E-state index contributed by atoms with van der Waals surface area (Å²) in [6.45, 7) is 4.37. The summed E-state index contributed by atoms with van der Waals surface area (Å²) in [7, 11) is 0. The Balaban J connectivity index is 3.37. The minimum atomic E-state index is -0.682. The third-order valence-corrected chi connectivity index (χ3v) is 3.48. The molecule has 0 aromatic heterocycles. The average Bonchev–Trinajstić information content (AvgIpc) is 2.42. The highest BCUT2D eigenvalue weighted by atomic mass is 16.4. The molecule has 0 aromatic rings. The Morgan fingerprint density at radius 1 is 0.950 bits per heavy atom. The largest absolute Gasteiger partial charge is 0.481 e. The summed E-state index contributed by atoms with van der Waals surface area (Å²) in [4.78, 5) is 10.4. The first-order chi connectivity index (χ1) is 9.66. The van der Waals surface area contributed by atoms with Crippen molar-refractivity contribution in [1.29, 1.82) is 0 Å². The molecule has 0 aliphatic heterocycles. The van der Waals surface area contributed by atoms with Crippen LogP contribution in [-0.2, 0) is 4.79 Å². The lowest BCUT2D eigenvalue weighted by molar-refractivity contribution is -0.137. The van der Waals surface area contributed by atoms with Crippen LogP contribution in [0.3, 0.4) is 0 Å². The predicted molar refractivity (Wildman–Crippen MR) is 86.9 cm³/mol. The third kappa shape index (κ3) is 15.0. The smallest absolute Gasteiger partial charge is 0.303 e. The van der Waals surface area contributed by atoms with E-state index in [2.05, 4.69) is 38.2 Å². The molecule has 1 N–H and O–H groups in total. The SMILES string of the molecule is CCCCC/C=C\CC/C=C\CC[C@H](C)CCC(=O)O. The normalized spacial score (nSPS) is 13.3. The van der Waals surface area contributed by atoms with Crippen LogP contribution in [0.5, 0.6) is 0 Å². The lowest BCUT2D eigenvalue weighted by Crippen LogP contribution is -2.00. The monoisotopic (exact) mass is 280 g/mol. The fourth-order valence-electron chi connectivity index (χ4n) is 2.07. The van der Waals surface area contributed by atoms with Gasteiger partial charge in [-0.3, -0.25) is 4.79 Å². The van der Waals surface area contributed by atoms with Crippen molar-refractivity contribution in [2.75, 3.05) is 0 Å². The molecule has 2 nitrogen and oxygen atoms in total. The van der Waals surface area contributed by atoms with Gasteiger partial charge in [0.1, 0.15) is 0 Å². The number of carbonyl (C=O) groups is 1. The Bertz CT molecular complexity index is 279. The molecule has 0 rings (SSSR count). The molecule has 0 fully saturated rings. The maximum absolute atomic E-state index is 10.4. The molecule has 2 heteroatoms. The van der Waals surface area contributed by atoms with E-state index in [1.165, 1.54) is 25.7 Å². The lowest BCUT2D eigenvalue weighted by atomic mass is 10.00. The van der Waals surface area contributed by atoms with Crippen molar-refractivity contribution in [2.45, 2.75) is 78.1 Å². The molecule has 116 valence electrons. The predicted octanol–water partition coefficient (Wildman–Crippen LogP) is 5.74. The minimum Gasteiger partial charge on any atom is -0.481 e. The first-order valence-corrected chi connectivity index (χ1v) is 8.18. The first kappa shape index (κ1) is 18.9. The molecule has 20 heavy (non-hydrogen) atoms. The van der Waals surface area contributed by atoms with Crippen LogP contribution < -0.4 is 0 Å². The standard InChI is InChI=1S/C18H32O2/c1-3-4-5-6-7-8-9-10-11-12-13-14-17(2)15-16-18(19)20/h7-8,11-12,17H,3-6,9-10,13-16H2,1-2H3,(H,19,20)/b8-7-,12-11-/t17-/m0/s1. The summed E-state index contributed by atoms with van der Waals surface area (Å²) in [5.74, 6) is -0.174. The Hall–Kier alpha value is -1.05. The van der Waals surface area contributed by atoms with Gasteiger partial charge in [-0.2, -0.15) is 0 Å². The molecular formula is C18H32O2. The summed E-state index contributed by atoms with van der Waals surface area (Å²) in [5.41, 5.74) is 0. The summed E-state index contributed by atoms with van der Waals surface area (Å²) in [6.07, 6.45) is 19.8. The number of hydrogen-bond donors (Lipinski definition) is 1. The second kappa shape index (κ2) is 14.4. The quantitative estimate of drug-likeness (QED) is 0.345. The van der Waals surface area contributed by atoms with E-state index in [1.807, 2.05) is 0 Å². The van der Waals surface area contributed by atoms with Crippen LogP contribution in [0.25, 0.3) is 0 Å². The Kier molecular flexibility index (Phi) is 13.6. The van der Waals surface area contributed by atoms with Crippen molar-refractivity contribution >= 4 is 5.97 Å². The first-order valence-electron chi connectivity index (χ1n) is 8.18. The Morgan fingerprint density at radius 2 is 1.55 bits per heavy atom. The van der Waals surface area contributed by atoms with Gasteiger partial charge in [0.05, 0.1) is 0 Å². The van der Waals surface area contributed by atoms with Crippen molar-refractivity contribution < 1.29 is 9.90 Å². The molecule has 0 spiro atoms. The van der Waals surface area contributed by atoms with Crippen molar-refractivity contribution in [1.82, 2.24) is 0 Å². The highest BCUT2D eigenvalue weighted by Gasteiger charge is 2.03. The maximum Gasteiger partial charge on any atom is 0.303 e. The van der Waals surface area contributed by atoms with E-state index in [9.17, 15) is 4.79 Å². The van der Waals surface area contributed by atoms with Gasteiger partial charge in [0.25, 0.3) is 0 Å². The summed E-state index contributed by atoms with van der Waals surface area (Å²) in [5, 5.41) is 8.60. The molecule has 0 heterocycles. The number of carboxylic acid groups (broad SMARTS) is 1. The van der Waals surface area contributed by atoms with E-state index >= 15 is 0 Å². The van der Waals surface area contributed by atoms with E-state index < -0.39 is 5.97 Å². The summed E-state index contributed by atoms with van der Waals surface area (Å²) in [6, 6.07) is 0. The molecule has 0 saturated carbocycles. The van der Waals surface area contributed by atoms with Crippen molar-refractivity contribution in [3.63, 3.8) is 0 Å². The average molecular weight is 280 g/mol. The third-order valence-electron chi connectivity index (χ3n) is 3.48. The van der Waals surface area contributed by atoms with E-state index in [4.69, 9.17) is 5.11 Å². The topological polar surface area (TPSA) is 37.3 Å². The van der Waals surface area contributed by atoms with Crippen molar-refractivity contribution in [3.05, 3.63) is 24.3 Å². The molecule has 0 unspecified atom stereocenters. The van der Waals surface area contributed by atoms with Crippen LogP contribution in [0.2, 0.25) is 0 Å². The number of carboxylic acids is 1. The highest BCUT2D eigenvalue weighted by Crippen LogP contribution is 2.13. The molecular weight excluding hydrogens is 248 g/mol. The van der Waals surface area contributed by atoms with Gasteiger partial charge in [-0.05, 0) is 50.9 Å². The van der Waals surface area contributed by atoms with Gasteiger partial charge >= 0.3 is 5.97 Å². The van der Waals surface area contributed by atoms with Crippen LogP contribution in [-0.4, -0.2) is 11.1 Å². The minimum absolute atomic E-state index is 0.299. The summed E-state index contributed by atoms with van der Waals surface area (Å²) >= 11 is 0. The van der Waals surface area contributed by atoms with Crippen LogP contribution in [0.15, 0.2) is 24.3 Å². The van der Waals surface area contributed by atoms with Crippen LogP contribution >= 0.6 is 0 Å². The fraction of sp³-hybridized carbons (Fsp3) is 0.722. The zero-order valence-electron chi connectivity index (χ0n) is 13.3. The summed E-state index contributed by atoms with van der Waals surface area (Å²) < 4.78 is 0. The molecule has 0 aliphatic rings. The van der Waals surface area contributed by atoms with E-state index in [0.717, 1.165) is 32.1 Å². The van der Waals surface area contributed by atoms with Gasteiger partial charge in [0, 0.05) is 6.42 Å². The maximum atomic E-state index is 10.4. The molecule has 0 radical (unpaired) electrons. The Morgan fingerprint density at radius 3 is 2.15 bits per heavy atom. The van der Waals surface area contributed by atoms with Crippen LogP contribution in [0.4, 0.5) is 0 Å². The Labute approximate surface area is 125 Å². The van der Waals surface area contributed by atoms with E-state index in [0.29, 0.717) is 12.3 Å². The molecule has 0 bridgehead atoms. The molecule has 0 aromatic carbocycles. The molecule has 0 amide bonds.